The number of carbonyl (C=O) groups excluding carboxylic acids is 2. The fourth-order valence-corrected chi connectivity index (χ4v) is 1.59. The zero-order chi connectivity index (χ0) is 11.3. The highest BCUT2D eigenvalue weighted by Crippen LogP contribution is 2.16. The van der Waals surface area contributed by atoms with Crippen molar-refractivity contribution < 1.29 is 14.3 Å². The maximum atomic E-state index is 11.3. The summed E-state index contributed by atoms with van der Waals surface area (Å²) in [5.41, 5.74) is 1.06. The summed E-state index contributed by atoms with van der Waals surface area (Å²) in [6.45, 7) is 3.76. The fourth-order valence-electron chi connectivity index (χ4n) is 1.59. The highest BCUT2D eigenvalue weighted by atomic mass is 16.5. The Morgan fingerprint density at radius 3 is 2.80 bits per heavy atom. The molecule has 0 saturated heterocycles. The van der Waals surface area contributed by atoms with Gasteiger partial charge in [0.25, 0.3) is 0 Å². The van der Waals surface area contributed by atoms with Gasteiger partial charge >= 0.3 is 5.97 Å². The molecule has 0 radical (unpaired) electrons. The number of ketones is 1. The van der Waals surface area contributed by atoms with Crippen LogP contribution in [0.1, 0.15) is 33.1 Å². The Balaban J connectivity index is 2.43. The van der Waals surface area contributed by atoms with Gasteiger partial charge in [-0.05, 0) is 38.5 Å². The molecule has 1 heterocycles. The van der Waals surface area contributed by atoms with Crippen LogP contribution in [0, 0.1) is 0 Å². The van der Waals surface area contributed by atoms with E-state index in [4.69, 9.17) is 4.74 Å². The van der Waals surface area contributed by atoms with Crippen LogP contribution in [0.15, 0.2) is 11.8 Å². The van der Waals surface area contributed by atoms with E-state index in [-0.39, 0.29) is 17.8 Å². The molecule has 0 amide bonds. The third kappa shape index (κ3) is 3.73. The second-order valence-electron chi connectivity index (χ2n) is 3.69. The molecule has 0 bridgehead atoms. The molecule has 0 aromatic carbocycles. The molecule has 0 saturated carbocycles. The van der Waals surface area contributed by atoms with Crippen LogP contribution in [-0.4, -0.2) is 24.4 Å². The van der Waals surface area contributed by atoms with Crippen LogP contribution in [0.2, 0.25) is 0 Å². The van der Waals surface area contributed by atoms with Crippen molar-refractivity contribution in [1.82, 2.24) is 5.32 Å². The topological polar surface area (TPSA) is 55.4 Å². The highest BCUT2D eigenvalue weighted by molar-refractivity contribution is 5.79. The average molecular weight is 211 g/mol. The lowest BCUT2D eigenvalue weighted by Crippen LogP contribution is -2.37. The van der Waals surface area contributed by atoms with Crippen molar-refractivity contribution in [1.29, 1.82) is 0 Å². The van der Waals surface area contributed by atoms with E-state index in [1.54, 1.807) is 20.0 Å². The largest absolute Gasteiger partial charge is 0.464 e. The number of hydrogen-bond donors (Lipinski definition) is 1. The maximum absolute atomic E-state index is 11.3. The van der Waals surface area contributed by atoms with Crippen LogP contribution in [0.3, 0.4) is 0 Å². The third-order valence-corrected chi connectivity index (χ3v) is 2.29. The number of hydrogen-bond acceptors (Lipinski definition) is 4. The molecule has 1 N–H and O–H groups in total. The molecule has 0 aromatic rings. The predicted octanol–water partition coefficient (Wildman–Crippen LogP) is 1.16. The SMILES string of the molecule is CCOC(=O)C1CCC(CC(C)=O)=CN1. The summed E-state index contributed by atoms with van der Waals surface area (Å²) in [5.74, 6) is -0.0618. The van der Waals surface area contributed by atoms with Crippen molar-refractivity contribution in [2.24, 2.45) is 0 Å². The van der Waals surface area contributed by atoms with Gasteiger partial charge in [-0.25, -0.2) is 4.79 Å². The quantitative estimate of drug-likeness (QED) is 0.709. The van der Waals surface area contributed by atoms with Crippen molar-refractivity contribution in [2.75, 3.05) is 6.61 Å². The summed E-state index contributed by atoms with van der Waals surface area (Å²) >= 11 is 0. The van der Waals surface area contributed by atoms with E-state index in [9.17, 15) is 9.59 Å². The minimum Gasteiger partial charge on any atom is -0.464 e. The molecule has 4 heteroatoms. The molecule has 0 aliphatic carbocycles. The Hall–Kier alpha value is -1.32. The summed E-state index contributed by atoms with van der Waals surface area (Å²) in [6, 6.07) is -0.249. The van der Waals surface area contributed by atoms with Gasteiger partial charge in [-0.1, -0.05) is 0 Å². The first-order valence-corrected chi connectivity index (χ1v) is 5.23. The summed E-state index contributed by atoms with van der Waals surface area (Å²) in [6.07, 6.45) is 3.74. The fraction of sp³-hybridized carbons (Fsp3) is 0.636. The minimum absolute atomic E-state index is 0.151. The Morgan fingerprint density at radius 2 is 2.33 bits per heavy atom. The van der Waals surface area contributed by atoms with Crippen molar-refractivity contribution in [3.63, 3.8) is 0 Å². The van der Waals surface area contributed by atoms with Gasteiger partial charge in [-0.3, -0.25) is 4.79 Å². The minimum atomic E-state index is -0.249. The smallest absolute Gasteiger partial charge is 0.328 e. The number of esters is 1. The van der Waals surface area contributed by atoms with E-state index in [1.807, 2.05) is 0 Å². The van der Waals surface area contributed by atoms with Crippen molar-refractivity contribution in [3.05, 3.63) is 11.8 Å². The standard InChI is InChI=1S/C11H17NO3/c1-3-15-11(14)10-5-4-9(7-12-10)6-8(2)13/h7,10,12H,3-6H2,1-2H3. The number of nitrogens with one attached hydrogen (secondary N) is 1. The van der Waals surface area contributed by atoms with Gasteiger partial charge in [0.1, 0.15) is 11.8 Å². The van der Waals surface area contributed by atoms with Crippen LogP contribution in [0.4, 0.5) is 0 Å². The Labute approximate surface area is 89.7 Å². The van der Waals surface area contributed by atoms with E-state index in [0.717, 1.165) is 12.0 Å². The number of Topliss-reactive ketones (excluding diaryl/α,β-unsaturated/α-hetero) is 1. The van der Waals surface area contributed by atoms with Gasteiger partial charge in [-0.2, -0.15) is 0 Å². The molecule has 1 rings (SSSR count). The molecule has 1 unspecified atom stereocenters. The second-order valence-corrected chi connectivity index (χ2v) is 3.69. The Morgan fingerprint density at radius 1 is 1.60 bits per heavy atom. The van der Waals surface area contributed by atoms with E-state index in [1.165, 1.54) is 0 Å². The summed E-state index contributed by atoms with van der Waals surface area (Å²) < 4.78 is 4.90. The zero-order valence-corrected chi connectivity index (χ0v) is 9.21. The van der Waals surface area contributed by atoms with Crippen LogP contribution in [-0.2, 0) is 14.3 Å². The maximum Gasteiger partial charge on any atom is 0.328 e. The molecule has 1 aliphatic rings. The molecule has 0 fully saturated rings. The number of carbonyl (C=O) groups is 2. The molecule has 4 nitrogen and oxygen atoms in total. The molecule has 0 aromatic heterocycles. The average Bonchev–Trinajstić information content (AvgIpc) is 2.18. The highest BCUT2D eigenvalue weighted by Gasteiger charge is 2.22. The molecular weight excluding hydrogens is 194 g/mol. The molecule has 1 atom stereocenters. The van der Waals surface area contributed by atoms with Crippen LogP contribution in [0.25, 0.3) is 0 Å². The van der Waals surface area contributed by atoms with Crippen LogP contribution in [0.5, 0.6) is 0 Å². The lowest BCUT2D eigenvalue weighted by Gasteiger charge is -2.21. The lowest BCUT2D eigenvalue weighted by atomic mass is 9.99. The van der Waals surface area contributed by atoms with Gasteiger partial charge in [-0.15, -0.1) is 0 Å². The third-order valence-electron chi connectivity index (χ3n) is 2.29. The van der Waals surface area contributed by atoms with Crippen LogP contribution < -0.4 is 5.32 Å². The van der Waals surface area contributed by atoms with E-state index in [0.29, 0.717) is 19.4 Å². The number of allylic oxidation sites excluding steroid dienone is 1. The Bertz CT molecular complexity index is 284. The first-order valence-electron chi connectivity index (χ1n) is 5.23. The van der Waals surface area contributed by atoms with Gasteiger partial charge in [0.05, 0.1) is 6.61 Å². The zero-order valence-electron chi connectivity index (χ0n) is 9.21. The summed E-state index contributed by atoms with van der Waals surface area (Å²) in [4.78, 5) is 22.2. The number of ether oxygens (including phenoxy) is 1. The van der Waals surface area contributed by atoms with Crippen molar-refractivity contribution in [2.45, 2.75) is 39.2 Å². The predicted molar refractivity (Wildman–Crippen MR) is 56.2 cm³/mol. The second kappa shape index (κ2) is 5.53. The first-order chi connectivity index (χ1) is 7.13. The van der Waals surface area contributed by atoms with Gasteiger partial charge in [0.2, 0.25) is 0 Å². The van der Waals surface area contributed by atoms with Crippen molar-refractivity contribution in [3.8, 4) is 0 Å². The lowest BCUT2D eigenvalue weighted by molar-refractivity contribution is -0.145. The molecule has 1 aliphatic heterocycles. The summed E-state index contributed by atoms with van der Waals surface area (Å²) in [7, 11) is 0. The van der Waals surface area contributed by atoms with Crippen LogP contribution >= 0.6 is 0 Å². The monoisotopic (exact) mass is 211 g/mol. The van der Waals surface area contributed by atoms with Gasteiger partial charge in [0, 0.05) is 6.42 Å². The van der Waals surface area contributed by atoms with E-state index >= 15 is 0 Å². The molecule has 15 heavy (non-hydrogen) atoms. The molecule has 84 valence electrons. The number of rotatable bonds is 4. The van der Waals surface area contributed by atoms with E-state index in [2.05, 4.69) is 5.32 Å². The normalized spacial score (nSPS) is 20.1. The first kappa shape index (κ1) is 11.8. The molecular formula is C11H17NO3. The van der Waals surface area contributed by atoms with Gasteiger partial charge in [0.15, 0.2) is 0 Å². The van der Waals surface area contributed by atoms with E-state index < -0.39 is 0 Å². The Kier molecular flexibility index (Phi) is 4.34. The molecule has 0 spiro atoms. The van der Waals surface area contributed by atoms with Crippen molar-refractivity contribution >= 4 is 11.8 Å². The summed E-state index contributed by atoms with van der Waals surface area (Å²) in [5, 5.41) is 2.97. The van der Waals surface area contributed by atoms with Gasteiger partial charge < -0.3 is 10.1 Å².